The minimum absolute atomic E-state index is 0.142. The Labute approximate surface area is 121 Å². The van der Waals surface area contributed by atoms with Gasteiger partial charge in [-0.2, -0.15) is 0 Å². The Morgan fingerprint density at radius 1 is 1.42 bits per heavy atom. The first kappa shape index (κ1) is 13.1. The van der Waals surface area contributed by atoms with Crippen molar-refractivity contribution >= 4 is 21.5 Å². The molecular formula is C15H18BrNO2. The van der Waals surface area contributed by atoms with Gasteiger partial charge in [-0.3, -0.25) is 4.98 Å². The lowest BCUT2D eigenvalue weighted by Crippen LogP contribution is -2.31. The van der Waals surface area contributed by atoms with E-state index in [0.717, 1.165) is 22.2 Å². The van der Waals surface area contributed by atoms with Gasteiger partial charge in [0.1, 0.15) is 5.76 Å². The number of aliphatic hydroxyl groups is 1. The second-order valence-corrected chi connectivity index (χ2v) is 6.89. The van der Waals surface area contributed by atoms with Gasteiger partial charge in [-0.1, -0.05) is 0 Å². The summed E-state index contributed by atoms with van der Waals surface area (Å²) < 4.78 is 7.08. The van der Waals surface area contributed by atoms with Crippen molar-refractivity contribution in [3.8, 4) is 0 Å². The zero-order valence-electron chi connectivity index (χ0n) is 11.4. The molecule has 3 nitrogen and oxygen atoms in total. The number of aromatic nitrogens is 1. The second kappa shape index (κ2) is 4.32. The molecule has 19 heavy (non-hydrogen) atoms. The van der Waals surface area contributed by atoms with Crippen molar-refractivity contribution in [1.82, 2.24) is 4.98 Å². The van der Waals surface area contributed by atoms with Crippen molar-refractivity contribution in [2.75, 3.05) is 0 Å². The van der Waals surface area contributed by atoms with Gasteiger partial charge >= 0.3 is 0 Å². The molecule has 1 saturated carbocycles. The normalized spacial score (nSPS) is 32.7. The van der Waals surface area contributed by atoms with Gasteiger partial charge in [0.2, 0.25) is 0 Å². The predicted molar refractivity (Wildman–Crippen MR) is 77.7 cm³/mol. The van der Waals surface area contributed by atoms with Crippen molar-refractivity contribution in [2.45, 2.75) is 38.9 Å². The average molecular weight is 324 g/mol. The molecule has 1 aromatic rings. The minimum Gasteiger partial charge on any atom is -0.512 e. The summed E-state index contributed by atoms with van der Waals surface area (Å²) in [5, 5.41) is 10.5. The van der Waals surface area contributed by atoms with Crippen molar-refractivity contribution in [3.63, 3.8) is 0 Å². The Bertz CT molecular complexity index is 536. The number of allylic oxidation sites excluding steroid dienone is 1. The number of fused-ring (bicyclic) bond motifs is 1. The number of rotatable bonds is 1. The van der Waals surface area contributed by atoms with Gasteiger partial charge in [0.05, 0.1) is 17.4 Å². The zero-order chi connectivity index (χ0) is 13.8. The fourth-order valence-electron chi connectivity index (χ4n) is 3.15. The van der Waals surface area contributed by atoms with Crippen molar-refractivity contribution in [1.29, 1.82) is 0 Å². The number of ether oxygens (including phenoxy) is 1. The van der Waals surface area contributed by atoms with Crippen LogP contribution in [0.4, 0.5) is 0 Å². The van der Waals surface area contributed by atoms with Crippen LogP contribution in [0, 0.1) is 11.8 Å². The maximum atomic E-state index is 10.5. The monoisotopic (exact) mass is 323 g/mol. The quantitative estimate of drug-likeness (QED) is 0.851. The van der Waals surface area contributed by atoms with E-state index < -0.39 is 0 Å². The molecule has 0 saturated heterocycles. The van der Waals surface area contributed by atoms with Crippen LogP contribution >= 0.6 is 15.9 Å². The number of hydrogen-bond acceptors (Lipinski definition) is 3. The highest BCUT2D eigenvalue weighted by atomic mass is 79.9. The fraction of sp³-hybridized carbons (Fsp3) is 0.533. The lowest BCUT2D eigenvalue weighted by molar-refractivity contribution is -0.0538. The predicted octanol–water partition coefficient (Wildman–Crippen LogP) is 3.95. The summed E-state index contributed by atoms with van der Waals surface area (Å²) in [7, 11) is 0. The maximum absolute atomic E-state index is 10.5. The zero-order valence-corrected chi connectivity index (χ0v) is 12.9. The van der Waals surface area contributed by atoms with Crippen LogP contribution < -0.4 is 0 Å². The maximum Gasteiger partial charge on any atom is 0.104 e. The number of nitrogens with zero attached hydrogens (tertiary/aromatic N) is 1. The summed E-state index contributed by atoms with van der Waals surface area (Å²) in [6.07, 6.45) is 2.62. The molecule has 0 amide bonds. The van der Waals surface area contributed by atoms with E-state index in [2.05, 4.69) is 34.8 Å². The molecule has 2 heterocycles. The van der Waals surface area contributed by atoms with Crippen LogP contribution in [0.15, 0.2) is 28.6 Å². The molecular weight excluding hydrogens is 306 g/mol. The molecule has 0 spiro atoms. The number of aliphatic hydroxyl groups excluding tert-OH is 1. The smallest absolute Gasteiger partial charge is 0.104 e. The lowest BCUT2D eigenvalue weighted by Gasteiger charge is -2.28. The minimum atomic E-state index is -0.185. The topological polar surface area (TPSA) is 42.4 Å². The number of pyridine rings is 1. The van der Waals surface area contributed by atoms with Crippen LogP contribution in [0.5, 0.6) is 0 Å². The molecule has 2 aliphatic rings. The molecule has 1 fully saturated rings. The first-order valence-corrected chi connectivity index (χ1v) is 7.42. The van der Waals surface area contributed by atoms with Crippen molar-refractivity contribution < 1.29 is 9.84 Å². The largest absolute Gasteiger partial charge is 0.512 e. The molecule has 1 N–H and O–H groups in total. The summed E-state index contributed by atoms with van der Waals surface area (Å²) in [5.41, 5.74) is 1.46. The first-order chi connectivity index (χ1) is 8.90. The molecule has 1 aliphatic carbocycles. The molecule has 3 rings (SSSR count). The van der Waals surface area contributed by atoms with Gasteiger partial charge < -0.3 is 9.84 Å². The average Bonchev–Trinajstić information content (AvgIpc) is 3.11. The molecule has 0 bridgehead atoms. The molecule has 1 aliphatic heterocycles. The summed E-state index contributed by atoms with van der Waals surface area (Å²) >= 11 is 3.38. The third kappa shape index (κ3) is 2.21. The highest BCUT2D eigenvalue weighted by Gasteiger charge is 2.54. The van der Waals surface area contributed by atoms with Gasteiger partial charge in [-0.05, 0) is 61.2 Å². The fourth-order valence-corrected chi connectivity index (χ4v) is 3.38. The SMILES string of the molecule is CC1OC(C)(C)C2CC2C(O)=C1c1ccc(Br)cn1. The first-order valence-electron chi connectivity index (χ1n) is 6.63. The lowest BCUT2D eigenvalue weighted by atomic mass is 10.0. The van der Waals surface area contributed by atoms with E-state index in [4.69, 9.17) is 4.74 Å². The standard InChI is InChI=1S/C15H18BrNO2/c1-8-13(12-5-4-9(16)7-17-12)14(18)10-6-11(10)15(2,3)19-8/h4-5,7-8,10-11,18H,6H2,1-3H3. The van der Waals surface area contributed by atoms with Gasteiger partial charge in [0.15, 0.2) is 0 Å². The van der Waals surface area contributed by atoms with E-state index in [1.165, 1.54) is 0 Å². The Kier molecular flexibility index (Phi) is 2.98. The van der Waals surface area contributed by atoms with Crippen LogP contribution in [-0.2, 0) is 4.74 Å². The third-order valence-electron chi connectivity index (χ3n) is 4.20. The van der Waals surface area contributed by atoms with E-state index in [-0.39, 0.29) is 17.6 Å². The molecule has 0 radical (unpaired) electrons. The van der Waals surface area contributed by atoms with E-state index in [1.54, 1.807) is 6.20 Å². The number of halogens is 1. The van der Waals surface area contributed by atoms with Gasteiger partial charge in [0.25, 0.3) is 0 Å². The Balaban J connectivity index is 2.03. The Morgan fingerprint density at radius 2 is 2.16 bits per heavy atom. The Hall–Kier alpha value is -0.870. The highest BCUT2D eigenvalue weighted by Crippen LogP contribution is 2.55. The summed E-state index contributed by atoms with van der Waals surface area (Å²) in [6, 6.07) is 3.86. The van der Waals surface area contributed by atoms with E-state index >= 15 is 0 Å². The van der Waals surface area contributed by atoms with Gasteiger partial charge in [-0.15, -0.1) is 0 Å². The van der Waals surface area contributed by atoms with E-state index in [0.29, 0.717) is 11.7 Å². The highest BCUT2D eigenvalue weighted by molar-refractivity contribution is 9.10. The summed E-state index contributed by atoms with van der Waals surface area (Å²) in [6.45, 7) is 6.21. The summed E-state index contributed by atoms with van der Waals surface area (Å²) in [4.78, 5) is 4.40. The van der Waals surface area contributed by atoms with Crippen LogP contribution in [0.2, 0.25) is 0 Å². The van der Waals surface area contributed by atoms with E-state index in [9.17, 15) is 5.11 Å². The molecule has 1 aromatic heterocycles. The van der Waals surface area contributed by atoms with Crippen molar-refractivity contribution in [3.05, 3.63) is 34.3 Å². The molecule has 3 unspecified atom stereocenters. The number of hydrogen-bond donors (Lipinski definition) is 1. The molecule has 3 atom stereocenters. The molecule has 0 aromatic carbocycles. The van der Waals surface area contributed by atoms with Gasteiger partial charge in [-0.25, -0.2) is 0 Å². The van der Waals surface area contributed by atoms with Gasteiger partial charge in [0, 0.05) is 22.2 Å². The third-order valence-corrected chi connectivity index (χ3v) is 4.67. The van der Waals surface area contributed by atoms with Crippen molar-refractivity contribution in [2.24, 2.45) is 11.8 Å². The van der Waals surface area contributed by atoms with Crippen LogP contribution in [-0.4, -0.2) is 21.8 Å². The second-order valence-electron chi connectivity index (χ2n) is 5.97. The molecule has 102 valence electrons. The van der Waals surface area contributed by atoms with Crippen LogP contribution in [0.1, 0.15) is 32.9 Å². The van der Waals surface area contributed by atoms with Crippen LogP contribution in [0.3, 0.4) is 0 Å². The van der Waals surface area contributed by atoms with E-state index in [1.807, 2.05) is 19.1 Å². The Morgan fingerprint density at radius 3 is 2.79 bits per heavy atom. The van der Waals surface area contributed by atoms with Crippen LogP contribution in [0.25, 0.3) is 5.57 Å². The summed E-state index contributed by atoms with van der Waals surface area (Å²) in [5.74, 6) is 1.13. The molecule has 4 heteroatoms.